The van der Waals surface area contributed by atoms with Crippen molar-refractivity contribution in [3.8, 4) is 0 Å². The van der Waals surface area contributed by atoms with Gasteiger partial charge in [-0.3, -0.25) is 4.79 Å². The zero-order valence-electron chi connectivity index (χ0n) is 19.5. The van der Waals surface area contributed by atoms with Gasteiger partial charge in [0.1, 0.15) is 12.2 Å². The number of ether oxygens (including phenoxy) is 3. The molecule has 7 atom stereocenters. The van der Waals surface area contributed by atoms with Crippen molar-refractivity contribution in [1.82, 2.24) is 0 Å². The van der Waals surface area contributed by atoms with E-state index in [2.05, 4.69) is 20.8 Å². The molecule has 174 valence electrons. The van der Waals surface area contributed by atoms with Gasteiger partial charge in [-0.2, -0.15) is 0 Å². The van der Waals surface area contributed by atoms with Gasteiger partial charge in [-0.05, 0) is 63.5 Å². The monoisotopic (exact) mass is 442 g/mol. The number of aliphatic hydroxyl groups is 1. The maximum absolute atomic E-state index is 12.9. The molecule has 3 aliphatic rings. The molecule has 1 N–H and O–H groups in total. The third kappa shape index (κ3) is 3.57. The molecule has 0 amide bonds. The Labute approximate surface area is 189 Å². The molecular formula is C26H34O6. The van der Waals surface area contributed by atoms with Gasteiger partial charge in [0.05, 0.1) is 22.7 Å². The second-order valence-electron chi connectivity index (χ2n) is 10.4. The van der Waals surface area contributed by atoms with Gasteiger partial charge < -0.3 is 19.3 Å². The van der Waals surface area contributed by atoms with Crippen molar-refractivity contribution in [2.24, 2.45) is 17.3 Å². The Morgan fingerprint density at radius 2 is 1.81 bits per heavy atom. The van der Waals surface area contributed by atoms with Crippen molar-refractivity contribution in [3.05, 3.63) is 42.0 Å². The summed E-state index contributed by atoms with van der Waals surface area (Å²) in [5, 5.41) is 11.0. The molecule has 2 aliphatic carbocycles. The van der Waals surface area contributed by atoms with Crippen molar-refractivity contribution < 1.29 is 28.9 Å². The molecule has 1 aliphatic heterocycles. The Hall–Kier alpha value is -2.18. The molecule has 0 aromatic heterocycles. The maximum atomic E-state index is 12.9. The number of carbonyl (C=O) groups excluding carboxylic acids is 2. The highest BCUT2D eigenvalue weighted by atomic mass is 16.6. The third-order valence-electron chi connectivity index (χ3n) is 8.15. The fraction of sp³-hybridized carbons (Fsp3) is 0.615. The number of benzene rings is 1. The maximum Gasteiger partial charge on any atom is 0.331 e. The van der Waals surface area contributed by atoms with E-state index in [1.165, 1.54) is 13.0 Å². The van der Waals surface area contributed by atoms with E-state index in [9.17, 15) is 14.7 Å². The number of hydrogen-bond donors (Lipinski definition) is 1. The lowest BCUT2D eigenvalue weighted by molar-refractivity contribution is -0.282. The number of hydrogen-bond acceptors (Lipinski definition) is 6. The van der Waals surface area contributed by atoms with E-state index in [-0.39, 0.29) is 11.8 Å². The molecule has 1 aromatic carbocycles. The number of esters is 2. The summed E-state index contributed by atoms with van der Waals surface area (Å²) in [7, 11) is 0. The quantitative estimate of drug-likeness (QED) is 0.562. The molecule has 2 saturated carbocycles. The van der Waals surface area contributed by atoms with Crippen molar-refractivity contribution in [2.45, 2.75) is 83.4 Å². The van der Waals surface area contributed by atoms with Crippen LogP contribution in [0.25, 0.3) is 6.08 Å². The molecule has 6 heteroatoms. The van der Waals surface area contributed by atoms with Crippen LogP contribution in [0.2, 0.25) is 0 Å². The number of fused-ring (bicyclic) bond motifs is 1. The Morgan fingerprint density at radius 1 is 1.12 bits per heavy atom. The summed E-state index contributed by atoms with van der Waals surface area (Å²) in [4.78, 5) is 24.8. The van der Waals surface area contributed by atoms with Gasteiger partial charge in [0.25, 0.3) is 0 Å². The number of rotatable bonds is 4. The van der Waals surface area contributed by atoms with Crippen LogP contribution in [0.15, 0.2) is 36.4 Å². The minimum absolute atomic E-state index is 0.0138. The minimum Gasteiger partial charge on any atom is -0.459 e. The van der Waals surface area contributed by atoms with Gasteiger partial charge in [-0.25, -0.2) is 4.79 Å². The predicted octanol–water partition coefficient (Wildman–Crippen LogP) is 3.91. The smallest absolute Gasteiger partial charge is 0.331 e. The topological polar surface area (TPSA) is 82.1 Å². The predicted molar refractivity (Wildman–Crippen MR) is 119 cm³/mol. The highest BCUT2D eigenvalue weighted by Crippen LogP contribution is 2.66. The summed E-state index contributed by atoms with van der Waals surface area (Å²) in [6, 6.07) is 9.55. The van der Waals surface area contributed by atoms with Crippen LogP contribution in [0.5, 0.6) is 0 Å². The average Bonchev–Trinajstić information content (AvgIpc) is 2.97. The molecule has 7 unspecified atom stereocenters. The molecule has 1 saturated heterocycles. The van der Waals surface area contributed by atoms with Gasteiger partial charge >= 0.3 is 11.9 Å². The van der Waals surface area contributed by atoms with E-state index in [1.807, 2.05) is 37.3 Å². The first-order chi connectivity index (χ1) is 15.0. The molecule has 32 heavy (non-hydrogen) atoms. The molecular weight excluding hydrogens is 408 g/mol. The summed E-state index contributed by atoms with van der Waals surface area (Å²) in [5.41, 5.74) is -1.04. The van der Waals surface area contributed by atoms with Gasteiger partial charge in [-0.15, -0.1) is 0 Å². The molecule has 6 nitrogen and oxygen atoms in total. The molecule has 1 aromatic rings. The number of carbonyl (C=O) groups is 2. The van der Waals surface area contributed by atoms with Crippen LogP contribution in [0.3, 0.4) is 0 Å². The summed E-state index contributed by atoms with van der Waals surface area (Å²) < 4.78 is 18.5. The van der Waals surface area contributed by atoms with Gasteiger partial charge in [0.2, 0.25) is 0 Å². The number of aliphatic hydroxyl groups excluding tert-OH is 1. The van der Waals surface area contributed by atoms with Gasteiger partial charge in [0.15, 0.2) is 0 Å². The SMILES string of the molecule is CC(=O)OC1C(O)CC(C)C23CC(CC(OC(=O)C=Cc4ccccc4)C12C)C(C)(C)O3. The first kappa shape index (κ1) is 23.0. The molecule has 2 bridgehead atoms. The first-order valence-corrected chi connectivity index (χ1v) is 11.5. The van der Waals surface area contributed by atoms with Crippen LogP contribution < -0.4 is 0 Å². The standard InChI is InChI=1S/C26H34O6/c1-16-13-20(28)23(30-17(2)27)25(5)21(14-19-15-26(16,25)32-24(19,3)4)31-22(29)12-11-18-9-7-6-8-10-18/h6-12,16,19-21,23,28H,13-15H2,1-5H3. The average molecular weight is 443 g/mol. The fourth-order valence-corrected chi connectivity index (χ4v) is 6.47. The minimum atomic E-state index is -0.879. The normalized spacial score (nSPS) is 40.0. The largest absolute Gasteiger partial charge is 0.459 e. The summed E-state index contributed by atoms with van der Waals surface area (Å²) in [5.74, 6) is -0.709. The second-order valence-corrected chi connectivity index (χ2v) is 10.4. The van der Waals surface area contributed by atoms with Gasteiger partial charge in [0, 0.05) is 13.0 Å². The first-order valence-electron chi connectivity index (χ1n) is 11.5. The summed E-state index contributed by atoms with van der Waals surface area (Å²) >= 11 is 0. The van der Waals surface area contributed by atoms with Crippen LogP contribution in [-0.4, -0.2) is 46.6 Å². The zero-order chi connectivity index (χ0) is 23.3. The van der Waals surface area contributed by atoms with Crippen molar-refractivity contribution in [1.29, 1.82) is 0 Å². The Balaban J connectivity index is 1.70. The lowest BCUT2D eigenvalue weighted by atomic mass is 9.49. The lowest BCUT2D eigenvalue weighted by Gasteiger charge is -2.61. The molecule has 1 spiro atoms. The van der Waals surface area contributed by atoms with E-state index in [1.54, 1.807) is 6.08 Å². The highest BCUT2D eigenvalue weighted by molar-refractivity contribution is 5.87. The van der Waals surface area contributed by atoms with E-state index in [4.69, 9.17) is 14.2 Å². The van der Waals surface area contributed by atoms with Crippen molar-refractivity contribution >= 4 is 18.0 Å². The van der Waals surface area contributed by atoms with E-state index >= 15 is 0 Å². The summed E-state index contributed by atoms with van der Waals surface area (Å²) in [6.07, 6.45) is 2.76. The van der Waals surface area contributed by atoms with Crippen LogP contribution in [-0.2, 0) is 23.8 Å². The molecule has 3 fully saturated rings. The van der Waals surface area contributed by atoms with Crippen LogP contribution in [0.4, 0.5) is 0 Å². The lowest BCUT2D eigenvalue weighted by Crippen LogP contribution is -2.71. The van der Waals surface area contributed by atoms with Crippen molar-refractivity contribution in [3.63, 3.8) is 0 Å². The van der Waals surface area contributed by atoms with Gasteiger partial charge in [-0.1, -0.05) is 37.3 Å². The Morgan fingerprint density at radius 3 is 2.47 bits per heavy atom. The van der Waals surface area contributed by atoms with Crippen LogP contribution in [0.1, 0.15) is 59.4 Å². The molecule has 4 rings (SSSR count). The van der Waals surface area contributed by atoms with Crippen molar-refractivity contribution in [2.75, 3.05) is 0 Å². The summed E-state index contributed by atoms with van der Waals surface area (Å²) in [6.45, 7) is 9.52. The van der Waals surface area contributed by atoms with Crippen LogP contribution >= 0.6 is 0 Å². The Kier molecular flexibility index (Phi) is 5.74. The van der Waals surface area contributed by atoms with E-state index < -0.39 is 46.9 Å². The Bertz CT molecular complexity index is 908. The van der Waals surface area contributed by atoms with E-state index in [0.717, 1.165) is 12.0 Å². The second kappa shape index (κ2) is 7.99. The third-order valence-corrected chi connectivity index (χ3v) is 8.15. The zero-order valence-corrected chi connectivity index (χ0v) is 19.5. The van der Waals surface area contributed by atoms with E-state index in [0.29, 0.717) is 12.8 Å². The van der Waals surface area contributed by atoms with Crippen LogP contribution in [0, 0.1) is 17.3 Å². The molecule has 1 heterocycles. The molecule has 0 radical (unpaired) electrons. The highest BCUT2D eigenvalue weighted by Gasteiger charge is 2.74. The fourth-order valence-electron chi connectivity index (χ4n) is 6.47.